The van der Waals surface area contributed by atoms with Gasteiger partial charge in [-0.3, -0.25) is 9.59 Å². The maximum absolute atomic E-state index is 13.1. The first-order chi connectivity index (χ1) is 16.7. The molecule has 0 bridgehead atoms. The van der Waals surface area contributed by atoms with E-state index in [-0.39, 0.29) is 16.7 Å². The summed E-state index contributed by atoms with van der Waals surface area (Å²) in [6.07, 6.45) is 2.18. The van der Waals surface area contributed by atoms with Crippen molar-refractivity contribution in [3.63, 3.8) is 0 Å². The number of carbonyl (C=O) groups is 2. The summed E-state index contributed by atoms with van der Waals surface area (Å²) in [4.78, 5) is 31.9. The number of likely N-dealkylation sites (N-methyl/N-ethyl adjacent to an activating group) is 1. The fourth-order valence-electron chi connectivity index (χ4n) is 5.00. The average Bonchev–Trinajstić information content (AvgIpc) is 3.36. The Morgan fingerprint density at radius 1 is 1.17 bits per heavy atom. The van der Waals surface area contributed by atoms with E-state index in [4.69, 9.17) is 0 Å². The van der Waals surface area contributed by atoms with Gasteiger partial charge >= 0.3 is 0 Å². The zero-order chi connectivity index (χ0) is 25.3. The number of nitrogens with one attached hydrogen (secondary N) is 4. The zero-order valence-electron chi connectivity index (χ0n) is 20.7. The third-order valence-electron chi connectivity index (χ3n) is 6.90. The maximum atomic E-state index is 13.1. The van der Waals surface area contributed by atoms with Crippen LogP contribution in [0.15, 0.2) is 23.1 Å². The predicted molar refractivity (Wildman–Crippen MR) is 137 cm³/mol. The normalized spacial score (nSPS) is 17.3. The lowest BCUT2D eigenvalue weighted by molar-refractivity contribution is -0.110. The molecular formula is C25H33N5O4S. The van der Waals surface area contributed by atoms with Crippen molar-refractivity contribution in [1.82, 2.24) is 19.9 Å². The molecule has 2 aliphatic rings. The second-order valence-electron chi connectivity index (χ2n) is 8.84. The third kappa shape index (κ3) is 4.65. The molecule has 0 saturated carbocycles. The van der Waals surface area contributed by atoms with Crippen molar-refractivity contribution in [3.8, 4) is 0 Å². The van der Waals surface area contributed by atoms with Crippen LogP contribution in [0.4, 0.5) is 5.69 Å². The molecule has 0 fully saturated rings. The predicted octanol–water partition coefficient (Wildman–Crippen LogP) is 2.50. The number of anilines is 1. The van der Waals surface area contributed by atoms with Crippen LogP contribution < -0.4 is 15.4 Å². The Morgan fingerprint density at radius 2 is 1.91 bits per heavy atom. The van der Waals surface area contributed by atoms with Gasteiger partial charge in [0.25, 0.3) is 11.8 Å². The van der Waals surface area contributed by atoms with Gasteiger partial charge in [-0.2, -0.15) is 0 Å². The van der Waals surface area contributed by atoms with E-state index in [1.54, 1.807) is 6.07 Å². The molecule has 1 aliphatic carbocycles. The van der Waals surface area contributed by atoms with Crippen LogP contribution in [-0.2, 0) is 21.2 Å². The molecule has 0 spiro atoms. The van der Waals surface area contributed by atoms with Crippen LogP contribution >= 0.6 is 0 Å². The van der Waals surface area contributed by atoms with E-state index < -0.39 is 10.0 Å². The highest BCUT2D eigenvalue weighted by molar-refractivity contribution is 7.89. The summed E-state index contributed by atoms with van der Waals surface area (Å²) >= 11 is 0. The van der Waals surface area contributed by atoms with Crippen LogP contribution in [0, 0.1) is 6.92 Å². The van der Waals surface area contributed by atoms with Gasteiger partial charge in [0.2, 0.25) is 10.0 Å². The van der Waals surface area contributed by atoms with Gasteiger partial charge in [-0.25, -0.2) is 13.1 Å². The van der Waals surface area contributed by atoms with E-state index in [0.717, 1.165) is 55.0 Å². The second kappa shape index (κ2) is 9.96. The summed E-state index contributed by atoms with van der Waals surface area (Å²) in [6.45, 7) is 9.29. The molecule has 2 aromatic rings. The van der Waals surface area contributed by atoms with Gasteiger partial charge < -0.3 is 20.5 Å². The molecule has 2 amide bonds. The minimum Gasteiger partial charge on any atom is -0.358 e. The number of carbonyl (C=O) groups excluding carboxylic acids is 2. The average molecular weight is 500 g/mol. The van der Waals surface area contributed by atoms with Crippen molar-refractivity contribution in [1.29, 1.82) is 0 Å². The highest BCUT2D eigenvalue weighted by atomic mass is 32.2. The Balaban J connectivity index is 1.72. The molecule has 0 atom stereocenters. The minimum absolute atomic E-state index is 0.0975. The Morgan fingerprint density at radius 3 is 2.60 bits per heavy atom. The highest BCUT2D eigenvalue weighted by Crippen LogP contribution is 2.43. The largest absolute Gasteiger partial charge is 0.358 e. The summed E-state index contributed by atoms with van der Waals surface area (Å²) in [7, 11) is -2.30. The van der Waals surface area contributed by atoms with E-state index in [1.807, 2.05) is 6.92 Å². The van der Waals surface area contributed by atoms with Crippen LogP contribution in [0.3, 0.4) is 0 Å². The maximum Gasteiger partial charge on any atom is 0.256 e. The summed E-state index contributed by atoms with van der Waals surface area (Å²) < 4.78 is 27.1. The fourth-order valence-corrected chi connectivity index (χ4v) is 5.75. The van der Waals surface area contributed by atoms with Crippen molar-refractivity contribution in [2.24, 2.45) is 0 Å². The number of hydrogen-bond donors (Lipinski definition) is 4. The monoisotopic (exact) mass is 499 g/mol. The van der Waals surface area contributed by atoms with E-state index in [9.17, 15) is 18.0 Å². The number of aromatic amines is 1. The summed E-state index contributed by atoms with van der Waals surface area (Å²) in [5.41, 5.74) is 5.53. The number of amides is 2. The molecule has 0 radical (unpaired) electrons. The standard InChI is InChI=1S/C25H33N5O4S/c1-5-30(6-2)13-12-27-24(31)21-15(3)28-23-17(21)8-7-9-18(23)22-19-14-16(35(33,34)26-4)10-11-20(19)29-25(22)32/h10-11,14,26,28H,5-9,12-13H2,1-4H3,(H,27,31)(H,29,32)/b22-18-. The van der Waals surface area contributed by atoms with Crippen LogP contribution in [-0.4, -0.2) is 63.3 Å². The first-order valence-corrected chi connectivity index (χ1v) is 13.5. The van der Waals surface area contributed by atoms with Crippen LogP contribution in [0.5, 0.6) is 0 Å². The van der Waals surface area contributed by atoms with E-state index in [1.165, 1.54) is 19.2 Å². The molecule has 4 N–H and O–H groups in total. The van der Waals surface area contributed by atoms with Gasteiger partial charge in [0.05, 0.1) is 16.0 Å². The van der Waals surface area contributed by atoms with Gasteiger partial charge in [0.1, 0.15) is 0 Å². The number of benzene rings is 1. The number of allylic oxidation sites excluding steroid dienone is 1. The molecule has 35 heavy (non-hydrogen) atoms. The lowest BCUT2D eigenvalue weighted by Gasteiger charge is -2.20. The Kier molecular flexibility index (Phi) is 7.16. The number of aromatic nitrogens is 1. The Bertz CT molecular complexity index is 1310. The third-order valence-corrected chi connectivity index (χ3v) is 8.31. The second-order valence-corrected chi connectivity index (χ2v) is 10.7. The number of nitrogens with zero attached hydrogens (tertiary/aromatic N) is 1. The smallest absolute Gasteiger partial charge is 0.256 e. The quantitative estimate of drug-likeness (QED) is 0.416. The first kappa shape index (κ1) is 25.2. The number of fused-ring (bicyclic) bond motifs is 2. The van der Waals surface area contributed by atoms with Crippen LogP contribution in [0.25, 0.3) is 11.1 Å². The van der Waals surface area contributed by atoms with Gasteiger partial charge in [-0.15, -0.1) is 0 Å². The molecule has 1 aromatic heterocycles. The van der Waals surface area contributed by atoms with Crippen molar-refractivity contribution < 1.29 is 18.0 Å². The Hall–Kier alpha value is -2.95. The SMILES string of the molecule is CCN(CC)CCNC(=O)c1c(C)[nH]c2c1CCC/C2=C1/C(=O)Nc2ccc(S(=O)(=O)NC)cc21. The molecule has 9 nitrogen and oxygen atoms in total. The van der Waals surface area contributed by atoms with Crippen molar-refractivity contribution in [2.75, 3.05) is 38.5 Å². The fraction of sp³-hybridized carbons (Fsp3) is 0.440. The number of aryl methyl sites for hydroxylation is 1. The number of rotatable bonds is 8. The van der Waals surface area contributed by atoms with Crippen LogP contribution in [0.1, 0.15) is 59.6 Å². The van der Waals surface area contributed by atoms with E-state index >= 15 is 0 Å². The van der Waals surface area contributed by atoms with Crippen molar-refractivity contribution in [3.05, 3.63) is 46.3 Å². The molecule has 1 aromatic carbocycles. The zero-order valence-corrected chi connectivity index (χ0v) is 21.5. The molecule has 0 unspecified atom stereocenters. The molecular weight excluding hydrogens is 466 g/mol. The van der Waals surface area contributed by atoms with Crippen molar-refractivity contribution in [2.45, 2.75) is 44.9 Å². The Labute approximate surface area is 206 Å². The molecule has 1 aliphatic heterocycles. The van der Waals surface area contributed by atoms with Gasteiger partial charge in [0, 0.05) is 35.7 Å². The molecule has 10 heteroatoms. The van der Waals surface area contributed by atoms with Gasteiger partial charge in [-0.05, 0) is 75.7 Å². The van der Waals surface area contributed by atoms with E-state index in [2.05, 4.69) is 39.1 Å². The van der Waals surface area contributed by atoms with Gasteiger partial charge in [-0.1, -0.05) is 13.8 Å². The van der Waals surface area contributed by atoms with Gasteiger partial charge in [0.15, 0.2) is 0 Å². The van der Waals surface area contributed by atoms with E-state index in [0.29, 0.717) is 35.4 Å². The number of hydrogen-bond acceptors (Lipinski definition) is 5. The molecule has 188 valence electrons. The molecule has 2 heterocycles. The summed E-state index contributed by atoms with van der Waals surface area (Å²) in [5, 5.41) is 5.90. The first-order valence-electron chi connectivity index (χ1n) is 12.1. The van der Waals surface area contributed by atoms with Crippen LogP contribution in [0.2, 0.25) is 0 Å². The summed E-state index contributed by atoms with van der Waals surface area (Å²) in [5.74, 6) is -0.378. The number of sulfonamides is 1. The topological polar surface area (TPSA) is 123 Å². The molecule has 0 saturated heterocycles. The lowest BCUT2D eigenvalue weighted by Crippen LogP contribution is -2.35. The highest BCUT2D eigenvalue weighted by Gasteiger charge is 2.33. The van der Waals surface area contributed by atoms with Crippen molar-refractivity contribution >= 4 is 38.7 Å². The lowest BCUT2D eigenvalue weighted by atomic mass is 9.86. The summed E-state index contributed by atoms with van der Waals surface area (Å²) in [6, 6.07) is 4.63. The minimum atomic E-state index is -3.66. The molecule has 4 rings (SSSR count). The number of H-pyrrole nitrogens is 1.